The Bertz CT molecular complexity index is 1000. The second kappa shape index (κ2) is 6.94. The van der Waals surface area contributed by atoms with Crippen molar-refractivity contribution in [1.29, 1.82) is 0 Å². The highest BCUT2D eigenvalue weighted by Crippen LogP contribution is 2.32. The van der Waals surface area contributed by atoms with E-state index in [0.29, 0.717) is 0 Å². The molecular formula is C19H16N4OS. The molecule has 5 nitrogen and oxygen atoms in total. The van der Waals surface area contributed by atoms with Crippen LogP contribution < -0.4 is 4.74 Å². The number of rotatable bonds is 5. The highest BCUT2D eigenvalue weighted by molar-refractivity contribution is 7.98. The van der Waals surface area contributed by atoms with E-state index >= 15 is 0 Å². The van der Waals surface area contributed by atoms with Crippen molar-refractivity contribution in [2.24, 2.45) is 0 Å². The van der Waals surface area contributed by atoms with Gasteiger partial charge in [-0.3, -0.25) is 9.55 Å². The van der Waals surface area contributed by atoms with E-state index in [2.05, 4.69) is 14.5 Å². The van der Waals surface area contributed by atoms with Crippen molar-refractivity contribution in [1.82, 2.24) is 19.5 Å². The van der Waals surface area contributed by atoms with Gasteiger partial charge in [0.15, 0.2) is 10.8 Å². The van der Waals surface area contributed by atoms with E-state index in [1.165, 1.54) is 5.56 Å². The second-order valence-electron chi connectivity index (χ2n) is 5.39. The smallest absolute Gasteiger partial charge is 0.175 e. The van der Waals surface area contributed by atoms with Gasteiger partial charge in [0.1, 0.15) is 11.3 Å². The van der Waals surface area contributed by atoms with Crippen molar-refractivity contribution >= 4 is 22.9 Å². The number of ether oxygens (including phenoxy) is 1. The number of benzene rings is 1. The fourth-order valence-corrected chi connectivity index (χ4v) is 3.61. The maximum absolute atomic E-state index is 5.54. The molecule has 0 aliphatic rings. The molecule has 0 unspecified atom stereocenters. The normalized spacial score (nSPS) is 10.9. The molecule has 0 amide bonds. The van der Waals surface area contributed by atoms with Crippen LogP contribution in [0.2, 0.25) is 0 Å². The van der Waals surface area contributed by atoms with E-state index in [1.807, 2.05) is 48.5 Å². The standard InChI is InChI=1S/C19H16N4OS/c1-24-17-7-3-2-6-16(17)23-18-15(5-4-10-21-18)22-19(23)25-13-14-8-11-20-12-9-14/h2-12H,13H2,1H3. The molecule has 0 atom stereocenters. The van der Waals surface area contributed by atoms with Crippen molar-refractivity contribution in [3.05, 3.63) is 72.7 Å². The van der Waals surface area contributed by atoms with Crippen LogP contribution >= 0.6 is 11.8 Å². The van der Waals surface area contributed by atoms with E-state index in [-0.39, 0.29) is 0 Å². The van der Waals surface area contributed by atoms with Gasteiger partial charge in [-0.1, -0.05) is 23.9 Å². The monoisotopic (exact) mass is 348 g/mol. The SMILES string of the molecule is COc1ccccc1-n1c(SCc2ccncc2)nc2cccnc21. The van der Waals surface area contributed by atoms with Crippen molar-refractivity contribution in [3.8, 4) is 11.4 Å². The summed E-state index contributed by atoms with van der Waals surface area (Å²) in [7, 11) is 1.68. The van der Waals surface area contributed by atoms with Crippen LogP contribution in [-0.2, 0) is 5.75 Å². The molecule has 0 saturated heterocycles. The highest BCUT2D eigenvalue weighted by atomic mass is 32.2. The summed E-state index contributed by atoms with van der Waals surface area (Å²) in [6.45, 7) is 0. The number of thioether (sulfide) groups is 1. The predicted molar refractivity (Wildman–Crippen MR) is 99.2 cm³/mol. The number of imidazole rings is 1. The molecule has 25 heavy (non-hydrogen) atoms. The number of fused-ring (bicyclic) bond motifs is 1. The van der Waals surface area contributed by atoms with Gasteiger partial charge in [-0.15, -0.1) is 0 Å². The number of para-hydroxylation sites is 2. The minimum atomic E-state index is 0.790. The summed E-state index contributed by atoms with van der Waals surface area (Å²) in [6.07, 6.45) is 5.40. The van der Waals surface area contributed by atoms with Crippen LogP contribution in [0.25, 0.3) is 16.9 Å². The lowest BCUT2D eigenvalue weighted by Gasteiger charge is -2.12. The van der Waals surface area contributed by atoms with Crippen LogP contribution in [0.3, 0.4) is 0 Å². The molecule has 6 heteroatoms. The third-order valence-corrected chi connectivity index (χ3v) is 4.84. The van der Waals surface area contributed by atoms with Crippen molar-refractivity contribution in [2.75, 3.05) is 7.11 Å². The maximum Gasteiger partial charge on any atom is 0.175 e. The minimum absolute atomic E-state index is 0.790. The van der Waals surface area contributed by atoms with Crippen molar-refractivity contribution in [2.45, 2.75) is 10.9 Å². The lowest BCUT2D eigenvalue weighted by molar-refractivity contribution is 0.412. The van der Waals surface area contributed by atoms with Crippen LogP contribution in [0, 0.1) is 0 Å². The van der Waals surface area contributed by atoms with Gasteiger partial charge in [-0.05, 0) is 42.0 Å². The third kappa shape index (κ3) is 3.08. The van der Waals surface area contributed by atoms with Crippen LogP contribution in [-0.4, -0.2) is 26.6 Å². The average molecular weight is 348 g/mol. The van der Waals surface area contributed by atoms with Crippen LogP contribution in [0.15, 0.2) is 72.3 Å². The summed E-state index contributed by atoms with van der Waals surface area (Å²) in [4.78, 5) is 13.4. The molecule has 3 heterocycles. The summed E-state index contributed by atoms with van der Waals surface area (Å²) in [5, 5.41) is 0.884. The van der Waals surface area contributed by atoms with Gasteiger partial charge < -0.3 is 4.74 Å². The molecule has 0 aliphatic carbocycles. The molecular weight excluding hydrogens is 332 g/mol. The fraction of sp³-hybridized carbons (Fsp3) is 0.105. The first-order valence-corrected chi connectivity index (χ1v) is 8.84. The molecule has 0 aliphatic heterocycles. The second-order valence-corrected chi connectivity index (χ2v) is 6.33. The Balaban J connectivity index is 1.81. The zero-order chi connectivity index (χ0) is 17.1. The van der Waals surface area contributed by atoms with E-state index < -0.39 is 0 Å². The molecule has 4 aromatic rings. The third-order valence-electron chi connectivity index (χ3n) is 3.83. The molecule has 0 spiro atoms. The molecule has 0 fully saturated rings. The van der Waals surface area contributed by atoms with Gasteiger partial charge in [0.25, 0.3) is 0 Å². The van der Waals surface area contributed by atoms with Crippen LogP contribution in [0.5, 0.6) is 5.75 Å². The van der Waals surface area contributed by atoms with E-state index in [1.54, 1.807) is 37.5 Å². The topological polar surface area (TPSA) is 52.8 Å². The Morgan fingerprint density at radius 2 is 1.84 bits per heavy atom. The summed E-state index contributed by atoms with van der Waals surface area (Å²) < 4.78 is 7.60. The zero-order valence-corrected chi connectivity index (χ0v) is 14.5. The highest BCUT2D eigenvalue weighted by Gasteiger charge is 2.16. The minimum Gasteiger partial charge on any atom is -0.495 e. The number of aromatic nitrogens is 4. The number of hydrogen-bond donors (Lipinski definition) is 0. The summed E-state index contributed by atoms with van der Waals surface area (Å²) in [5.74, 6) is 1.60. The Hall–Kier alpha value is -2.86. The first kappa shape index (κ1) is 15.7. The first-order chi connectivity index (χ1) is 12.4. The molecule has 0 N–H and O–H groups in total. The molecule has 124 valence electrons. The van der Waals surface area contributed by atoms with Gasteiger partial charge in [-0.2, -0.15) is 0 Å². The Labute approximate surface area is 149 Å². The van der Waals surface area contributed by atoms with Gasteiger partial charge >= 0.3 is 0 Å². The summed E-state index contributed by atoms with van der Waals surface area (Å²) in [5.41, 5.74) is 3.82. The first-order valence-electron chi connectivity index (χ1n) is 7.85. The average Bonchev–Trinajstić information content (AvgIpc) is 3.05. The van der Waals surface area contributed by atoms with E-state index in [0.717, 1.165) is 33.5 Å². The molecule has 4 rings (SSSR count). The Kier molecular flexibility index (Phi) is 4.35. The molecule has 1 aromatic carbocycles. The number of nitrogens with zero attached hydrogens (tertiary/aromatic N) is 4. The van der Waals surface area contributed by atoms with Crippen molar-refractivity contribution in [3.63, 3.8) is 0 Å². The lowest BCUT2D eigenvalue weighted by atomic mass is 10.3. The van der Waals surface area contributed by atoms with Gasteiger partial charge in [-0.25, -0.2) is 9.97 Å². The fourth-order valence-electron chi connectivity index (χ4n) is 2.65. The van der Waals surface area contributed by atoms with E-state index in [9.17, 15) is 0 Å². The maximum atomic E-state index is 5.54. The van der Waals surface area contributed by atoms with Crippen molar-refractivity contribution < 1.29 is 4.74 Å². The zero-order valence-electron chi connectivity index (χ0n) is 13.7. The molecule has 0 saturated carbocycles. The molecule has 3 aromatic heterocycles. The largest absolute Gasteiger partial charge is 0.495 e. The lowest BCUT2D eigenvalue weighted by Crippen LogP contribution is -2.00. The van der Waals surface area contributed by atoms with Crippen LogP contribution in [0.4, 0.5) is 0 Å². The van der Waals surface area contributed by atoms with Crippen LogP contribution in [0.1, 0.15) is 5.56 Å². The molecule has 0 radical (unpaired) electrons. The summed E-state index contributed by atoms with van der Waals surface area (Å²) in [6, 6.07) is 15.8. The van der Waals surface area contributed by atoms with Gasteiger partial charge in [0.05, 0.1) is 12.8 Å². The Morgan fingerprint density at radius 3 is 2.68 bits per heavy atom. The molecule has 0 bridgehead atoms. The number of methoxy groups -OCH3 is 1. The number of hydrogen-bond acceptors (Lipinski definition) is 5. The Morgan fingerprint density at radius 1 is 1.00 bits per heavy atom. The number of pyridine rings is 2. The summed E-state index contributed by atoms with van der Waals surface area (Å²) >= 11 is 1.67. The predicted octanol–water partition coefficient (Wildman–Crippen LogP) is 4.12. The van der Waals surface area contributed by atoms with Gasteiger partial charge in [0, 0.05) is 24.3 Å². The van der Waals surface area contributed by atoms with Gasteiger partial charge in [0.2, 0.25) is 0 Å². The van der Waals surface area contributed by atoms with E-state index in [4.69, 9.17) is 9.72 Å². The quantitative estimate of drug-likeness (QED) is 0.508.